The predicted octanol–water partition coefficient (Wildman–Crippen LogP) is 4.87. The van der Waals surface area contributed by atoms with Crippen LogP contribution < -0.4 is 5.01 Å². The molecule has 1 aliphatic rings. The van der Waals surface area contributed by atoms with Gasteiger partial charge in [0, 0.05) is 9.75 Å². The van der Waals surface area contributed by atoms with E-state index in [9.17, 15) is 14.4 Å². The first-order valence-electron chi connectivity index (χ1n) is 11.1. The fourth-order valence-electron chi connectivity index (χ4n) is 3.74. The lowest BCUT2D eigenvalue weighted by Crippen LogP contribution is -2.44. The molecule has 0 saturated carbocycles. The second-order valence-corrected chi connectivity index (χ2v) is 9.64. The van der Waals surface area contributed by atoms with Crippen LogP contribution in [0.4, 0.5) is 5.00 Å². The molecular formula is C26H24N2O6S2. The van der Waals surface area contributed by atoms with E-state index in [1.807, 2.05) is 29.6 Å². The van der Waals surface area contributed by atoms with Crippen LogP contribution in [0.2, 0.25) is 0 Å². The molecule has 0 N–H and O–H groups in total. The van der Waals surface area contributed by atoms with Gasteiger partial charge in [0.25, 0.3) is 0 Å². The van der Waals surface area contributed by atoms with E-state index in [2.05, 4.69) is 5.10 Å². The van der Waals surface area contributed by atoms with E-state index in [4.69, 9.17) is 14.2 Å². The highest BCUT2D eigenvalue weighted by atomic mass is 32.1. The average Bonchev–Trinajstić information content (AvgIpc) is 3.66. The van der Waals surface area contributed by atoms with Gasteiger partial charge in [0.15, 0.2) is 6.04 Å². The Bertz CT molecular complexity index is 1290. The van der Waals surface area contributed by atoms with Crippen molar-refractivity contribution in [3.63, 3.8) is 0 Å². The van der Waals surface area contributed by atoms with Crippen LogP contribution in [0.15, 0.2) is 65.1 Å². The van der Waals surface area contributed by atoms with Gasteiger partial charge in [-0.2, -0.15) is 5.10 Å². The summed E-state index contributed by atoms with van der Waals surface area (Å²) in [4.78, 5) is 39.6. The van der Waals surface area contributed by atoms with Crippen molar-refractivity contribution in [1.29, 1.82) is 0 Å². The fraction of sp³-hybridized carbons (Fsp3) is 0.231. The molecule has 0 bridgehead atoms. The third-order valence-corrected chi connectivity index (χ3v) is 7.61. The van der Waals surface area contributed by atoms with Crippen molar-refractivity contribution in [3.05, 3.63) is 71.1 Å². The normalized spacial score (nSPS) is 17.2. The molecule has 36 heavy (non-hydrogen) atoms. The number of allylic oxidation sites excluding steroid dienone is 1. The van der Waals surface area contributed by atoms with Gasteiger partial charge in [-0.25, -0.2) is 14.6 Å². The number of anilines is 1. The summed E-state index contributed by atoms with van der Waals surface area (Å²) < 4.78 is 15.1. The second kappa shape index (κ2) is 11.3. The van der Waals surface area contributed by atoms with Crippen LogP contribution in [0.3, 0.4) is 0 Å². The van der Waals surface area contributed by atoms with E-state index in [0.29, 0.717) is 22.9 Å². The van der Waals surface area contributed by atoms with Gasteiger partial charge in [-0.05, 0) is 54.3 Å². The van der Waals surface area contributed by atoms with Crippen LogP contribution in [-0.4, -0.2) is 50.5 Å². The summed E-state index contributed by atoms with van der Waals surface area (Å²) in [6.07, 6.45) is 3.43. The number of carbonyl (C=O) groups is 3. The highest BCUT2D eigenvalue weighted by molar-refractivity contribution is 7.23. The van der Waals surface area contributed by atoms with Crippen molar-refractivity contribution in [2.45, 2.75) is 13.0 Å². The Labute approximate surface area is 216 Å². The SMILES string of the molecule is CCOC(=O)c1ccc(/C=C/C2=NN(c3ccc(-c4cccs4)s3)[C@@H](C(=O)OC)[C@@H]2C(=O)OC)cc1. The van der Waals surface area contributed by atoms with Gasteiger partial charge < -0.3 is 14.2 Å². The number of carbonyl (C=O) groups excluding carboxylic acids is 3. The van der Waals surface area contributed by atoms with Crippen molar-refractivity contribution in [3.8, 4) is 9.75 Å². The molecule has 3 heterocycles. The molecule has 186 valence electrons. The molecule has 1 aromatic carbocycles. The summed E-state index contributed by atoms with van der Waals surface area (Å²) in [5, 5.41) is 8.86. The molecule has 0 unspecified atom stereocenters. The minimum Gasteiger partial charge on any atom is -0.468 e. The molecule has 8 nitrogen and oxygen atoms in total. The van der Waals surface area contributed by atoms with E-state index in [1.54, 1.807) is 54.7 Å². The van der Waals surface area contributed by atoms with Crippen LogP contribution >= 0.6 is 22.7 Å². The molecule has 0 aliphatic carbocycles. The van der Waals surface area contributed by atoms with Crippen LogP contribution in [0.25, 0.3) is 15.8 Å². The minimum absolute atomic E-state index is 0.298. The maximum Gasteiger partial charge on any atom is 0.338 e. The van der Waals surface area contributed by atoms with E-state index in [0.717, 1.165) is 15.3 Å². The third-order valence-electron chi connectivity index (χ3n) is 5.47. The number of esters is 3. The number of thiophene rings is 2. The zero-order valence-corrected chi connectivity index (χ0v) is 21.5. The van der Waals surface area contributed by atoms with Crippen LogP contribution in [0.5, 0.6) is 0 Å². The maximum absolute atomic E-state index is 12.8. The highest BCUT2D eigenvalue weighted by Crippen LogP contribution is 2.40. The van der Waals surface area contributed by atoms with E-state index in [-0.39, 0.29) is 0 Å². The molecule has 4 rings (SSSR count). The van der Waals surface area contributed by atoms with E-state index in [1.165, 1.54) is 30.6 Å². The number of nitrogens with zero attached hydrogens (tertiary/aromatic N) is 2. The molecule has 0 radical (unpaired) electrons. The first-order chi connectivity index (χ1) is 17.5. The zero-order chi connectivity index (χ0) is 25.7. The molecule has 3 aromatic rings. The number of hydrogen-bond donors (Lipinski definition) is 0. The van der Waals surface area contributed by atoms with Gasteiger partial charge in [-0.1, -0.05) is 24.3 Å². The summed E-state index contributed by atoms with van der Waals surface area (Å²) in [5.41, 5.74) is 1.58. The first-order valence-corrected chi connectivity index (χ1v) is 12.8. The Morgan fingerprint density at radius 1 is 0.972 bits per heavy atom. The first kappa shape index (κ1) is 25.3. The molecule has 0 saturated heterocycles. The standard InChI is InChI=1S/C26H24N2O6S2/c1-4-34-24(29)17-10-7-16(8-11-17)9-12-18-22(25(30)32-2)23(26(31)33-3)28(27-18)21-14-13-20(36-21)19-6-5-15-35-19/h5-15,22-23H,4H2,1-3H3/b12-9+/t22-,23-/m1/s1. The fourth-order valence-corrected chi connectivity index (χ4v) is 5.57. The number of hydrogen-bond acceptors (Lipinski definition) is 10. The summed E-state index contributed by atoms with van der Waals surface area (Å²) in [6.45, 7) is 2.05. The summed E-state index contributed by atoms with van der Waals surface area (Å²) in [5.74, 6) is -2.57. The van der Waals surface area contributed by atoms with Crippen LogP contribution in [0, 0.1) is 5.92 Å². The summed E-state index contributed by atoms with van der Waals surface area (Å²) in [7, 11) is 2.55. The molecule has 10 heteroatoms. The number of rotatable bonds is 8. The van der Waals surface area contributed by atoms with Crippen molar-refractivity contribution >= 4 is 57.4 Å². The third kappa shape index (κ3) is 5.24. The molecular weight excluding hydrogens is 500 g/mol. The Hall–Kier alpha value is -3.76. The van der Waals surface area contributed by atoms with Gasteiger partial charge in [-0.3, -0.25) is 4.79 Å². The monoisotopic (exact) mass is 524 g/mol. The van der Waals surface area contributed by atoms with Crippen molar-refractivity contribution in [1.82, 2.24) is 0 Å². The van der Waals surface area contributed by atoms with Crippen molar-refractivity contribution < 1.29 is 28.6 Å². The Kier molecular flexibility index (Phi) is 7.97. The van der Waals surface area contributed by atoms with Gasteiger partial charge in [0.1, 0.15) is 10.9 Å². The van der Waals surface area contributed by atoms with Gasteiger partial charge in [0.2, 0.25) is 0 Å². The number of hydrazone groups is 1. The van der Waals surface area contributed by atoms with E-state index >= 15 is 0 Å². The zero-order valence-electron chi connectivity index (χ0n) is 19.9. The van der Waals surface area contributed by atoms with Gasteiger partial charge in [0.05, 0.1) is 32.1 Å². The molecule has 2 aromatic heterocycles. The lowest BCUT2D eigenvalue weighted by Gasteiger charge is -2.23. The Morgan fingerprint density at radius 2 is 1.72 bits per heavy atom. The minimum atomic E-state index is -1.01. The Morgan fingerprint density at radius 3 is 2.36 bits per heavy atom. The maximum atomic E-state index is 12.8. The van der Waals surface area contributed by atoms with Crippen LogP contribution in [0.1, 0.15) is 22.8 Å². The predicted molar refractivity (Wildman–Crippen MR) is 140 cm³/mol. The topological polar surface area (TPSA) is 94.5 Å². The Balaban J connectivity index is 1.67. The lowest BCUT2D eigenvalue weighted by atomic mass is 9.94. The largest absolute Gasteiger partial charge is 0.468 e. The summed E-state index contributed by atoms with van der Waals surface area (Å²) in [6, 6.07) is 13.6. The second-order valence-electron chi connectivity index (χ2n) is 7.63. The molecule has 0 amide bonds. The molecule has 1 aliphatic heterocycles. The smallest absolute Gasteiger partial charge is 0.338 e. The summed E-state index contributed by atoms with van der Waals surface area (Å²) >= 11 is 3.08. The van der Waals surface area contributed by atoms with Gasteiger partial charge >= 0.3 is 17.9 Å². The van der Waals surface area contributed by atoms with Gasteiger partial charge in [-0.15, -0.1) is 22.7 Å². The molecule has 0 fully saturated rings. The van der Waals surface area contributed by atoms with Crippen LogP contribution in [-0.2, 0) is 23.8 Å². The average molecular weight is 525 g/mol. The van der Waals surface area contributed by atoms with E-state index < -0.39 is 29.9 Å². The highest BCUT2D eigenvalue weighted by Gasteiger charge is 2.48. The van der Waals surface area contributed by atoms with Crippen molar-refractivity contribution in [2.75, 3.05) is 25.8 Å². The quantitative estimate of drug-likeness (QED) is 0.306. The number of benzene rings is 1. The van der Waals surface area contributed by atoms with Crippen molar-refractivity contribution in [2.24, 2.45) is 11.0 Å². The lowest BCUT2D eigenvalue weighted by molar-refractivity contribution is -0.150. The molecule has 0 spiro atoms. The number of ether oxygens (including phenoxy) is 3. The molecule has 2 atom stereocenters. The number of methoxy groups -OCH3 is 2.